The first kappa shape index (κ1) is 13.9. The maximum Gasteiger partial charge on any atom is 0.339 e. The third-order valence-corrected chi connectivity index (χ3v) is 4.55. The molecular formula is C16H19NO4. The Morgan fingerprint density at radius 2 is 2.00 bits per heavy atom. The molecule has 1 aliphatic carbocycles. The smallest absolute Gasteiger partial charge is 0.339 e. The second-order valence-corrected chi connectivity index (χ2v) is 6.03. The maximum absolute atomic E-state index is 12.9. The van der Waals surface area contributed by atoms with E-state index in [9.17, 15) is 14.7 Å². The number of rotatable bonds is 2. The molecule has 0 bridgehead atoms. The van der Waals surface area contributed by atoms with Crippen LogP contribution in [0.25, 0.3) is 0 Å². The second kappa shape index (κ2) is 5.06. The quantitative estimate of drug-likeness (QED) is 0.909. The van der Waals surface area contributed by atoms with Gasteiger partial charge < -0.3 is 14.7 Å². The van der Waals surface area contributed by atoms with Crippen LogP contribution in [-0.4, -0.2) is 30.1 Å². The Kier molecular flexibility index (Phi) is 3.35. The lowest BCUT2D eigenvalue weighted by Crippen LogP contribution is -2.45. The van der Waals surface area contributed by atoms with Crippen LogP contribution in [0.4, 0.5) is 5.69 Å². The highest BCUT2D eigenvalue weighted by molar-refractivity contribution is 6.02. The van der Waals surface area contributed by atoms with Gasteiger partial charge in [-0.05, 0) is 25.0 Å². The van der Waals surface area contributed by atoms with E-state index in [-0.39, 0.29) is 16.9 Å². The molecule has 1 aromatic carbocycles. The maximum atomic E-state index is 12.9. The minimum absolute atomic E-state index is 0.0899. The van der Waals surface area contributed by atoms with E-state index in [2.05, 4.69) is 0 Å². The van der Waals surface area contributed by atoms with Gasteiger partial charge in [0.25, 0.3) is 0 Å². The molecule has 1 saturated carbocycles. The Balaban J connectivity index is 1.99. The van der Waals surface area contributed by atoms with Crippen molar-refractivity contribution in [2.45, 2.75) is 32.6 Å². The first-order valence-corrected chi connectivity index (χ1v) is 7.34. The van der Waals surface area contributed by atoms with Crippen molar-refractivity contribution in [3.8, 4) is 5.75 Å². The minimum atomic E-state index is -1.03. The van der Waals surface area contributed by atoms with E-state index in [1.165, 1.54) is 6.07 Å². The lowest BCUT2D eigenvalue weighted by atomic mass is 9.86. The van der Waals surface area contributed by atoms with Gasteiger partial charge in [-0.1, -0.05) is 25.8 Å². The molecule has 0 saturated heterocycles. The lowest BCUT2D eigenvalue weighted by molar-refractivity contribution is -0.127. The number of benzene rings is 1. The van der Waals surface area contributed by atoms with Gasteiger partial charge in [0.05, 0.1) is 12.2 Å². The van der Waals surface area contributed by atoms with E-state index in [4.69, 9.17) is 4.74 Å². The van der Waals surface area contributed by atoms with Crippen LogP contribution in [0.15, 0.2) is 18.2 Å². The number of para-hydroxylation sites is 1. The van der Waals surface area contributed by atoms with Gasteiger partial charge in [-0.3, -0.25) is 4.79 Å². The molecule has 3 rings (SSSR count). The average molecular weight is 289 g/mol. The number of anilines is 1. The second-order valence-electron chi connectivity index (χ2n) is 6.03. The third kappa shape index (κ3) is 2.26. The summed E-state index contributed by atoms with van der Waals surface area (Å²) in [7, 11) is 0. The number of ether oxygens (including phenoxy) is 1. The summed E-state index contributed by atoms with van der Waals surface area (Å²) < 4.78 is 5.52. The zero-order valence-electron chi connectivity index (χ0n) is 12.1. The Bertz CT molecular complexity index is 590. The van der Waals surface area contributed by atoms with Crippen LogP contribution < -0.4 is 9.64 Å². The highest BCUT2D eigenvalue weighted by Crippen LogP contribution is 2.43. The van der Waals surface area contributed by atoms with Crippen LogP contribution >= 0.6 is 0 Å². The molecule has 0 spiro atoms. The van der Waals surface area contributed by atoms with Crippen molar-refractivity contribution >= 4 is 17.6 Å². The van der Waals surface area contributed by atoms with Crippen LogP contribution in [0, 0.1) is 5.41 Å². The Labute approximate surface area is 123 Å². The summed E-state index contributed by atoms with van der Waals surface area (Å²) in [6.07, 6.45) is 3.96. The number of nitrogens with zero attached hydrogens (tertiary/aromatic N) is 1. The zero-order valence-corrected chi connectivity index (χ0v) is 12.1. The summed E-state index contributed by atoms with van der Waals surface area (Å²) in [6, 6.07) is 4.93. The Morgan fingerprint density at radius 3 is 2.67 bits per heavy atom. The highest BCUT2D eigenvalue weighted by Gasteiger charge is 2.41. The molecule has 21 heavy (non-hydrogen) atoms. The fourth-order valence-electron chi connectivity index (χ4n) is 3.32. The largest absolute Gasteiger partial charge is 0.489 e. The summed E-state index contributed by atoms with van der Waals surface area (Å²) in [5, 5.41) is 9.24. The standard InChI is InChI=1S/C16H19NO4/c1-16(7-2-3-8-16)15(20)17-9-10-21-13-11(14(18)19)5-4-6-12(13)17/h4-6H,2-3,7-10H2,1H3,(H,18,19). The number of hydrogen-bond acceptors (Lipinski definition) is 3. The number of carbonyl (C=O) groups is 2. The number of amides is 1. The normalized spacial score (nSPS) is 19.8. The highest BCUT2D eigenvalue weighted by atomic mass is 16.5. The summed E-state index contributed by atoms with van der Waals surface area (Å²) in [6.45, 7) is 2.82. The van der Waals surface area contributed by atoms with Crippen molar-refractivity contribution in [2.24, 2.45) is 5.41 Å². The summed E-state index contributed by atoms with van der Waals surface area (Å²) in [4.78, 5) is 25.9. The van der Waals surface area contributed by atoms with E-state index in [0.29, 0.717) is 24.6 Å². The molecule has 2 aliphatic rings. The van der Waals surface area contributed by atoms with Crippen molar-refractivity contribution in [3.05, 3.63) is 23.8 Å². The molecule has 0 radical (unpaired) electrons. The van der Waals surface area contributed by atoms with Crippen molar-refractivity contribution in [1.82, 2.24) is 0 Å². The third-order valence-electron chi connectivity index (χ3n) is 4.55. The molecule has 1 aromatic rings. The van der Waals surface area contributed by atoms with Crippen molar-refractivity contribution in [2.75, 3.05) is 18.1 Å². The monoisotopic (exact) mass is 289 g/mol. The number of carbonyl (C=O) groups excluding carboxylic acids is 1. The average Bonchev–Trinajstić information content (AvgIpc) is 2.93. The predicted octanol–water partition coefficient (Wildman–Crippen LogP) is 2.69. The summed E-state index contributed by atoms with van der Waals surface area (Å²) in [5.74, 6) is -0.633. The minimum Gasteiger partial charge on any atom is -0.489 e. The van der Waals surface area contributed by atoms with Gasteiger partial charge >= 0.3 is 5.97 Å². The molecule has 0 aromatic heterocycles. The topological polar surface area (TPSA) is 66.8 Å². The van der Waals surface area contributed by atoms with Crippen LogP contribution in [0.3, 0.4) is 0 Å². The van der Waals surface area contributed by atoms with E-state index in [1.807, 2.05) is 6.92 Å². The van der Waals surface area contributed by atoms with Gasteiger partial charge in [0.1, 0.15) is 12.2 Å². The Morgan fingerprint density at radius 1 is 1.29 bits per heavy atom. The van der Waals surface area contributed by atoms with E-state index < -0.39 is 5.97 Å². The zero-order chi connectivity index (χ0) is 15.0. The summed E-state index contributed by atoms with van der Waals surface area (Å²) >= 11 is 0. The number of hydrogen-bond donors (Lipinski definition) is 1. The lowest BCUT2D eigenvalue weighted by Gasteiger charge is -2.35. The first-order valence-electron chi connectivity index (χ1n) is 7.34. The van der Waals surface area contributed by atoms with Gasteiger partial charge in [-0.2, -0.15) is 0 Å². The molecule has 1 fully saturated rings. The van der Waals surface area contributed by atoms with Gasteiger partial charge in [-0.15, -0.1) is 0 Å². The number of carboxylic acids is 1. The van der Waals surface area contributed by atoms with Crippen molar-refractivity contribution < 1.29 is 19.4 Å². The first-order chi connectivity index (χ1) is 10.0. The summed E-state index contributed by atoms with van der Waals surface area (Å²) in [5.41, 5.74) is 0.370. The molecule has 1 amide bonds. The molecular weight excluding hydrogens is 270 g/mol. The SMILES string of the molecule is CC1(C(=O)N2CCOc3c(C(=O)O)cccc32)CCCC1. The van der Waals surface area contributed by atoms with Crippen molar-refractivity contribution in [1.29, 1.82) is 0 Å². The van der Waals surface area contributed by atoms with Gasteiger partial charge in [0.15, 0.2) is 5.75 Å². The van der Waals surface area contributed by atoms with Crippen LogP contribution in [0.1, 0.15) is 43.0 Å². The molecule has 1 heterocycles. The molecule has 0 unspecified atom stereocenters. The predicted molar refractivity (Wildman–Crippen MR) is 77.8 cm³/mol. The van der Waals surface area contributed by atoms with E-state index in [0.717, 1.165) is 25.7 Å². The van der Waals surface area contributed by atoms with Gasteiger partial charge in [0, 0.05) is 5.41 Å². The molecule has 5 heteroatoms. The van der Waals surface area contributed by atoms with Gasteiger partial charge in [0.2, 0.25) is 5.91 Å². The fraction of sp³-hybridized carbons (Fsp3) is 0.500. The van der Waals surface area contributed by atoms with Crippen molar-refractivity contribution in [3.63, 3.8) is 0 Å². The molecule has 1 aliphatic heterocycles. The van der Waals surface area contributed by atoms with Crippen LogP contribution in [0.2, 0.25) is 0 Å². The number of carboxylic acid groups (broad SMARTS) is 1. The molecule has 0 atom stereocenters. The molecule has 112 valence electrons. The number of aromatic carboxylic acids is 1. The molecule has 5 nitrogen and oxygen atoms in total. The fourth-order valence-corrected chi connectivity index (χ4v) is 3.32. The Hall–Kier alpha value is -2.04. The van der Waals surface area contributed by atoms with E-state index in [1.54, 1.807) is 17.0 Å². The van der Waals surface area contributed by atoms with E-state index >= 15 is 0 Å². The number of fused-ring (bicyclic) bond motifs is 1. The van der Waals surface area contributed by atoms with Gasteiger partial charge in [-0.25, -0.2) is 4.79 Å². The molecule has 1 N–H and O–H groups in total. The van der Waals surface area contributed by atoms with Crippen LogP contribution in [-0.2, 0) is 4.79 Å². The van der Waals surface area contributed by atoms with Crippen LogP contribution in [0.5, 0.6) is 5.75 Å².